The van der Waals surface area contributed by atoms with E-state index < -0.39 is 0 Å². The van der Waals surface area contributed by atoms with Crippen molar-refractivity contribution in [3.8, 4) is 0 Å². The van der Waals surface area contributed by atoms with Crippen LogP contribution in [0.1, 0.15) is 119 Å². The van der Waals surface area contributed by atoms with E-state index in [9.17, 15) is 10.2 Å². The molecule has 0 aromatic heterocycles. The lowest BCUT2D eigenvalue weighted by Gasteiger charge is -2.57. The van der Waals surface area contributed by atoms with Crippen molar-refractivity contribution in [3.63, 3.8) is 0 Å². The molecule has 4 rings (SSSR count). The molecule has 2 heterocycles. The third-order valence-electron chi connectivity index (χ3n) is 10.6. The molecule has 8 atom stereocenters. The molecule has 2 saturated carbocycles. The minimum atomic E-state index is -0.345. The van der Waals surface area contributed by atoms with E-state index in [2.05, 4.69) is 42.8 Å². The number of aliphatic hydroxyl groups is 2. The average molecular weight is 492 g/mol. The minimum absolute atomic E-state index is 0.0801. The summed E-state index contributed by atoms with van der Waals surface area (Å²) >= 11 is 0. The summed E-state index contributed by atoms with van der Waals surface area (Å²) in [7, 11) is 0. The highest BCUT2D eigenvalue weighted by Crippen LogP contribution is 2.48. The van der Waals surface area contributed by atoms with Gasteiger partial charge >= 0.3 is 0 Å². The molecule has 0 bridgehead atoms. The summed E-state index contributed by atoms with van der Waals surface area (Å²) in [4.78, 5) is 4.89. The molecular formula is C30H57N3O2. The normalized spacial score (nSPS) is 39.4. The second kappa shape index (κ2) is 11.3. The van der Waals surface area contributed by atoms with Gasteiger partial charge in [0.2, 0.25) is 0 Å². The number of aliphatic hydroxyl groups excluding tert-OH is 2. The zero-order valence-electron chi connectivity index (χ0n) is 23.8. The molecule has 5 heteroatoms. The van der Waals surface area contributed by atoms with E-state index in [-0.39, 0.29) is 23.5 Å². The maximum Gasteiger partial charge on any atom is 0.105 e. The largest absolute Gasteiger partial charge is 0.379 e. The van der Waals surface area contributed by atoms with Crippen LogP contribution in [0.5, 0.6) is 0 Å². The number of hydrogen-bond donors (Lipinski definition) is 3. The summed E-state index contributed by atoms with van der Waals surface area (Å²) in [5, 5.41) is 25.0. The third kappa shape index (κ3) is 5.95. The number of likely N-dealkylation sites (tertiary alicyclic amines) is 2. The molecule has 35 heavy (non-hydrogen) atoms. The van der Waals surface area contributed by atoms with Gasteiger partial charge in [0.15, 0.2) is 0 Å². The maximum atomic E-state index is 10.6. The first-order chi connectivity index (χ1) is 16.5. The highest BCUT2D eigenvalue weighted by atomic mass is 16.3. The van der Waals surface area contributed by atoms with E-state index in [1.807, 2.05) is 13.8 Å². The van der Waals surface area contributed by atoms with Crippen molar-refractivity contribution >= 4 is 0 Å². The van der Waals surface area contributed by atoms with Crippen LogP contribution in [0.25, 0.3) is 0 Å². The smallest absolute Gasteiger partial charge is 0.105 e. The molecule has 0 spiro atoms. The SMILES string of the molecule is CC(O)N1C2CCCCC2C(CCNCCC2CC(C)(C)N(C(C)O)C3CCCCC23)CC1(C)C. The van der Waals surface area contributed by atoms with Crippen LogP contribution in [0.15, 0.2) is 0 Å². The van der Waals surface area contributed by atoms with Crippen LogP contribution in [0.2, 0.25) is 0 Å². The van der Waals surface area contributed by atoms with Crippen LogP contribution in [0.4, 0.5) is 0 Å². The van der Waals surface area contributed by atoms with Crippen LogP contribution in [0.3, 0.4) is 0 Å². The Morgan fingerprint density at radius 2 is 1.06 bits per heavy atom. The molecule has 0 aromatic carbocycles. The van der Waals surface area contributed by atoms with Gasteiger partial charge in [-0.05, 0) is 130 Å². The topological polar surface area (TPSA) is 59.0 Å². The van der Waals surface area contributed by atoms with E-state index in [1.54, 1.807) is 0 Å². The highest BCUT2D eigenvalue weighted by molar-refractivity contribution is 5.02. The van der Waals surface area contributed by atoms with Gasteiger partial charge in [-0.1, -0.05) is 25.7 Å². The molecule has 0 amide bonds. The van der Waals surface area contributed by atoms with Gasteiger partial charge in [-0.3, -0.25) is 9.80 Å². The van der Waals surface area contributed by atoms with Crippen LogP contribution in [-0.4, -0.2) is 68.7 Å². The van der Waals surface area contributed by atoms with Gasteiger partial charge in [-0.15, -0.1) is 0 Å². The molecule has 8 unspecified atom stereocenters. The van der Waals surface area contributed by atoms with Gasteiger partial charge in [0.05, 0.1) is 0 Å². The van der Waals surface area contributed by atoms with Crippen molar-refractivity contribution in [2.24, 2.45) is 23.7 Å². The Morgan fingerprint density at radius 3 is 1.43 bits per heavy atom. The molecule has 5 nitrogen and oxygen atoms in total. The lowest BCUT2D eigenvalue weighted by atomic mass is 9.65. The van der Waals surface area contributed by atoms with Gasteiger partial charge in [-0.25, -0.2) is 0 Å². The third-order valence-corrected chi connectivity index (χ3v) is 10.6. The first-order valence-corrected chi connectivity index (χ1v) is 15.2. The lowest BCUT2D eigenvalue weighted by Crippen LogP contribution is -2.63. The maximum absolute atomic E-state index is 10.6. The summed E-state index contributed by atoms with van der Waals surface area (Å²) in [5.74, 6) is 3.05. The van der Waals surface area contributed by atoms with Crippen LogP contribution in [0, 0.1) is 23.7 Å². The van der Waals surface area contributed by atoms with Crippen molar-refractivity contribution in [1.29, 1.82) is 0 Å². The Balaban J connectivity index is 1.30. The van der Waals surface area contributed by atoms with E-state index >= 15 is 0 Å². The zero-order valence-corrected chi connectivity index (χ0v) is 23.8. The van der Waals surface area contributed by atoms with Gasteiger partial charge in [0, 0.05) is 23.2 Å². The fraction of sp³-hybridized carbons (Fsp3) is 1.00. The van der Waals surface area contributed by atoms with Gasteiger partial charge in [0.1, 0.15) is 12.5 Å². The number of hydrogen-bond acceptors (Lipinski definition) is 5. The molecule has 3 N–H and O–H groups in total. The van der Waals surface area contributed by atoms with Crippen LogP contribution in [-0.2, 0) is 0 Å². The predicted octanol–water partition coefficient (Wildman–Crippen LogP) is 5.35. The first-order valence-electron chi connectivity index (χ1n) is 15.2. The lowest BCUT2D eigenvalue weighted by molar-refractivity contribution is -0.144. The van der Waals surface area contributed by atoms with E-state index in [0.29, 0.717) is 12.1 Å². The van der Waals surface area contributed by atoms with Gasteiger partial charge in [0.25, 0.3) is 0 Å². The number of piperidine rings is 2. The van der Waals surface area contributed by atoms with Crippen LogP contribution < -0.4 is 5.32 Å². The fourth-order valence-corrected chi connectivity index (χ4v) is 9.66. The van der Waals surface area contributed by atoms with Crippen molar-refractivity contribution in [1.82, 2.24) is 15.1 Å². The standard InChI is InChI=1S/C30H57N3O2/c1-21(34)32-27-13-9-7-11-25(27)23(19-29(32,3)4)15-17-31-18-16-24-20-30(5,6)33(22(2)35)28-14-10-8-12-26(24)28/h21-28,31,34-35H,7-20H2,1-6H3. The Labute approximate surface area is 216 Å². The van der Waals surface area contributed by atoms with E-state index in [1.165, 1.54) is 77.0 Å². The molecule has 204 valence electrons. The molecular weight excluding hydrogens is 434 g/mol. The second-order valence-corrected chi connectivity index (χ2v) is 14.0. The number of nitrogens with zero attached hydrogens (tertiary/aromatic N) is 2. The van der Waals surface area contributed by atoms with Gasteiger partial charge < -0.3 is 15.5 Å². The van der Waals surface area contributed by atoms with Crippen molar-refractivity contribution in [3.05, 3.63) is 0 Å². The summed E-state index contributed by atoms with van der Waals surface area (Å²) in [6.45, 7) is 15.6. The number of rotatable bonds is 8. The minimum Gasteiger partial charge on any atom is -0.379 e. The Kier molecular flexibility index (Phi) is 8.96. The van der Waals surface area contributed by atoms with Gasteiger partial charge in [-0.2, -0.15) is 0 Å². The molecule has 4 fully saturated rings. The van der Waals surface area contributed by atoms with E-state index in [0.717, 1.165) is 36.8 Å². The predicted molar refractivity (Wildman–Crippen MR) is 145 cm³/mol. The first kappa shape index (κ1) is 27.8. The van der Waals surface area contributed by atoms with Crippen molar-refractivity contribution in [2.75, 3.05) is 13.1 Å². The van der Waals surface area contributed by atoms with Crippen molar-refractivity contribution in [2.45, 2.75) is 154 Å². The van der Waals surface area contributed by atoms with Crippen LogP contribution >= 0.6 is 0 Å². The molecule has 0 radical (unpaired) electrons. The molecule has 0 aromatic rings. The Hall–Kier alpha value is -0.200. The number of nitrogens with one attached hydrogen (secondary N) is 1. The quantitative estimate of drug-likeness (QED) is 0.400. The van der Waals surface area contributed by atoms with Crippen molar-refractivity contribution < 1.29 is 10.2 Å². The molecule has 2 saturated heterocycles. The summed E-state index contributed by atoms with van der Waals surface area (Å²) < 4.78 is 0. The second-order valence-electron chi connectivity index (χ2n) is 14.0. The van der Waals surface area contributed by atoms with E-state index in [4.69, 9.17) is 0 Å². The molecule has 2 aliphatic heterocycles. The molecule has 4 aliphatic rings. The number of fused-ring (bicyclic) bond motifs is 2. The monoisotopic (exact) mass is 491 g/mol. The Bertz CT molecular complexity index is 623. The summed E-state index contributed by atoms with van der Waals surface area (Å²) in [5.41, 5.74) is 0.160. The Morgan fingerprint density at radius 1 is 0.686 bits per heavy atom. The summed E-state index contributed by atoms with van der Waals surface area (Å²) in [6, 6.07) is 1.11. The zero-order chi connectivity index (χ0) is 25.4. The highest BCUT2D eigenvalue weighted by Gasteiger charge is 2.49. The average Bonchev–Trinajstić information content (AvgIpc) is 2.76. The fourth-order valence-electron chi connectivity index (χ4n) is 9.66. The summed E-state index contributed by atoms with van der Waals surface area (Å²) in [6.07, 6.45) is 14.8. The molecule has 2 aliphatic carbocycles.